The Hall–Kier alpha value is 1.21. The van der Waals surface area contributed by atoms with Gasteiger partial charge in [-0.2, -0.15) is 12.1 Å². The monoisotopic (exact) mass is 478 g/mol. The normalized spacial score (nSPS) is 35.4. The SMILES string of the molecule is CCCC1CCCCC1[N-]C1CCCCC1[N-]C1CCCCC1CCC.[Cl][Ti][Cl]. The van der Waals surface area contributed by atoms with Crippen LogP contribution >= 0.6 is 18.6 Å². The van der Waals surface area contributed by atoms with Gasteiger partial charge in [-0.25, -0.2) is 0 Å². The fourth-order valence-corrected chi connectivity index (χ4v) is 6.12. The van der Waals surface area contributed by atoms with Crippen molar-refractivity contribution in [2.24, 2.45) is 11.8 Å². The Balaban J connectivity index is 0.000000941. The first-order chi connectivity index (χ1) is 14.2. The van der Waals surface area contributed by atoms with Gasteiger partial charge in [0, 0.05) is 0 Å². The average molecular weight is 479 g/mol. The van der Waals surface area contributed by atoms with E-state index in [2.05, 4.69) is 13.8 Å². The van der Waals surface area contributed by atoms with Gasteiger partial charge in [0.25, 0.3) is 0 Å². The van der Waals surface area contributed by atoms with E-state index in [0.29, 0.717) is 24.2 Å². The Morgan fingerprint density at radius 2 is 0.897 bits per heavy atom. The summed E-state index contributed by atoms with van der Waals surface area (Å²) in [4.78, 5) is 0. The van der Waals surface area contributed by atoms with E-state index in [1.807, 2.05) is 0 Å². The third kappa shape index (κ3) is 9.31. The molecule has 3 fully saturated rings. The predicted molar refractivity (Wildman–Crippen MR) is 126 cm³/mol. The molecule has 5 heteroatoms. The van der Waals surface area contributed by atoms with E-state index in [4.69, 9.17) is 29.2 Å². The zero-order chi connectivity index (χ0) is 20.9. The summed E-state index contributed by atoms with van der Waals surface area (Å²) in [5.74, 6) is 1.75. The third-order valence-electron chi connectivity index (χ3n) is 7.52. The molecule has 2 nitrogen and oxygen atoms in total. The molecule has 0 aromatic rings. The molecular formula is C24H44Cl2N2Ti-2. The predicted octanol–water partition coefficient (Wildman–Crippen LogP) is 9.14. The molecule has 6 atom stereocenters. The zero-order valence-electron chi connectivity index (χ0n) is 18.9. The van der Waals surface area contributed by atoms with E-state index >= 15 is 0 Å². The summed E-state index contributed by atoms with van der Waals surface area (Å²) in [6.45, 7) is 4.70. The Morgan fingerprint density at radius 3 is 1.24 bits per heavy atom. The molecule has 0 heterocycles. The molecule has 0 aliphatic heterocycles. The van der Waals surface area contributed by atoms with Crippen LogP contribution in [0.5, 0.6) is 0 Å². The van der Waals surface area contributed by atoms with Crippen molar-refractivity contribution in [3.8, 4) is 0 Å². The molecule has 3 rings (SSSR count). The van der Waals surface area contributed by atoms with Crippen molar-refractivity contribution in [3.63, 3.8) is 0 Å². The topological polar surface area (TPSA) is 28.2 Å². The van der Waals surface area contributed by atoms with E-state index in [1.165, 1.54) is 103 Å². The molecule has 170 valence electrons. The van der Waals surface area contributed by atoms with Crippen LogP contribution in [-0.2, 0) is 17.0 Å². The maximum absolute atomic E-state index is 5.52. The first kappa shape index (κ1) is 26.5. The Bertz CT molecular complexity index is 372. The molecule has 0 radical (unpaired) electrons. The van der Waals surface area contributed by atoms with Crippen LogP contribution in [0.2, 0.25) is 0 Å². The van der Waals surface area contributed by atoms with Gasteiger partial charge >= 0.3 is 35.6 Å². The van der Waals surface area contributed by atoms with Gasteiger partial charge in [-0.05, 0) is 0 Å². The molecule has 3 saturated carbocycles. The number of hydrogen-bond acceptors (Lipinski definition) is 0. The van der Waals surface area contributed by atoms with Gasteiger partial charge < -0.3 is 10.6 Å². The molecule has 3 aliphatic rings. The van der Waals surface area contributed by atoms with Gasteiger partial charge in [-0.3, -0.25) is 0 Å². The van der Waals surface area contributed by atoms with Crippen LogP contribution in [0, 0.1) is 11.8 Å². The summed E-state index contributed by atoms with van der Waals surface area (Å²) >= 11 is -0.556. The molecule has 0 amide bonds. The van der Waals surface area contributed by atoms with Crippen molar-refractivity contribution in [1.29, 1.82) is 0 Å². The summed E-state index contributed by atoms with van der Waals surface area (Å²) in [5.41, 5.74) is 0. The standard InChI is InChI=1S/C24H44N2.2ClH.Ti/c1-3-11-19-13-5-7-15-21(19)25-23-17-9-10-18-24(23)26-22-16-8-6-14-20(22)12-4-2;;;/h19-24H,3-18H2,1-2H3;2*1H;/q-2;;;+2/p-2. The van der Waals surface area contributed by atoms with Crippen molar-refractivity contribution in [2.45, 2.75) is 141 Å². The van der Waals surface area contributed by atoms with E-state index in [9.17, 15) is 0 Å². The second-order valence-corrected chi connectivity index (χ2v) is 12.2. The molecule has 29 heavy (non-hydrogen) atoms. The van der Waals surface area contributed by atoms with E-state index < -0.39 is 17.0 Å². The summed E-state index contributed by atoms with van der Waals surface area (Å²) in [6, 6.07) is 2.41. The van der Waals surface area contributed by atoms with Crippen LogP contribution in [-0.4, -0.2) is 24.2 Å². The summed E-state index contributed by atoms with van der Waals surface area (Å²) < 4.78 is 0. The van der Waals surface area contributed by atoms with Gasteiger partial charge in [0.15, 0.2) is 0 Å². The Labute approximate surface area is 198 Å². The molecule has 0 bridgehead atoms. The van der Waals surface area contributed by atoms with Crippen LogP contribution in [0.3, 0.4) is 0 Å². The van der Waals surface area contributed by atoms with Crippen LogP contribution in [0.15, 0.2) is 0 Å². The fraction of sp³-hybridized carbons (Fsp3) is 1.00. The molecular weight excluding hydrogens is 435 g/mol. The van der Waals surface area contributed by atoms with E-state index in [-0.39, 0.29) is 0 Å². The number of halogens is 2. The quantitative estimate of drug-likeness (QED) is 0.311. The summed E-state index contributed by atoms with van der Waals surface area (Å²) in [6.07, 6.45) is 22.1. The number of nitrogens with zero attached hydrogens (tertiary/aromatic N) is 2. The van der Waals surface area contributed by atoms with Crippen LogP contribution in [0.1, 0.15) is 117 Å². The van der Waals surface area contributed by atoms with Gasteiger partial charge in [0.05, 0.1) is 0 Å². The fourth-order valence-electron chi connectivity index (χ4n) is 6.12. The van der Waals surface area contributed by atoms with Crippen LogP contribution in [0.25, 0.3) is 10.6 Å². The van der Waals surface area contributed by atoms with Crippen LogP contribution < -0.4 is 0 Å². The minimum atomic E-state index is -0.556. The first-order valence-corrected chi connectivity index (χ1v) is 16.9. The van der Waals surface area contributed by atoms with Gasteiger partial charge in [-0.15, -0.1) is 12.1 Å². The second kappa shape index (κ2) is 15.9. The molecule has 6 unspecified atom stereocenters. The van der Waals surface area contributed by atoms with Crippen molar-refractivity contribution in [2.75, 3.05) is 0 Å². The van der Waals surface area contributed by atoms with Gasteiger partial charge in [0.2, 0.25) is 0 Å². The van der Waals surface area contributed by atoms with Gasteiger partial charge in [0.1, 0.15) is 0 Å². The van der Waals surface area contributed by atoms with E-state index in [0.717, 1.165) is 11.8 Å². The molecule has 0 saturated heterocycles. The third-order valence-corrected chi connectivity index (χ3v) is 7.52. The first-order valence-electron chi connectivity index (χ1n) is 12.6. The number of hydrogen-bond donors (Lipinski definition) is 0. The minimum absolute atomic E-state index is 0.551. The van der Waals surface area contributed by atoms with Crippen molar-refractivity contribution in [1.82, 2.24) is 0 Å². The Kier molecular flexibility index (Phi) is 14.5. The van der Waals surface area contributed by atoms with Crippen molar-refractivity contribution < 1.29 is 17.0 Å². The van der Waals surface area contributed by atoms with Crippen LogP contribution in [0.4, 0.5) is 0 Å². The second-order valence-electron chi connectivity index (χ2n) is 9.59. The maximum atomic E-state index is 5.52. The van der Waals surface area contributed by atoms with E-state index in [1.54, 1.807) is 0 Å². The summed E-state index contributed by atoms with van der Waals surface area (Å²) in [7, 11) is 9.78. The Morgan fingerprint density at radius 1 is 0.586 bits per heavy atom. The summed E-state index contributed by atoms with van der Waals surface area (Å²) in [5, 5.41) is 11.0. The zero-order valence-corrected chi connectivity index (χ0v) is 22.0. The van der Waals surface area contributed by atoms with Crippen molar-refractivity contribution >= 4 is 18.6 Å². The molecule has 0 spiro atoms. The molecule has 0 N–H and O–H groups in total. The number of rotatable bonds is 8. The van der Waals surface area contributed by atoms with Crippen molar-refractivity contribution in [3.05, 3.63) is 10.6 Å². The van der Waals surface area contributed by atoms with Gasteiger partial charge in [-0.1, -0.05) is 128 Å². The molecule has 0 aromatic heterocycles. The molecule has 0 aromatic carbocycles. The molecule has 3 aliphatic carbocycles. The average Bonchev–Trinajstić information content (AvgIpc) is 2.73.